The standard InChI is InChI=1S/C18H15ClFN3O4S2/c1-2-28(24,25)18-9-8-17(21-22-18)12-4-3-5-13(10-12)23-29(26,27)14-6-7-16(20)15(19)11-14/h3-11,23H,2H2,1H3. The molecule has 0 radical (unpaired) electrons. The third-order valence-corrected chi connectivity index (χ3v) is 7.23. The molecule has 7 nitrogen and oxygen atoms in total. The number of anilines is 1. The Bertz CT molecular complexity index is 1260. The lowest BCUT2D eigenvalue weighted by atomic mass is 10.1. The number of hydrogen-bond donors (Lipinski definition) is 1. The van der Waals surface area contributed by atoms with E-state index in [4.69, 9.17) is 11.6 Å². The summed E-state index contributed by atoms with van der Waals surface area (Å²) in [7, 11) is -7.47. The summed E-state index contributed by atoms with van der Waals surface area (Å²) in [6, 6.07) is 12.2. The number of nitrogens with zero attached hydrogens (tertiary/aromatic N) is 2. The fraction of sp³-hybridized carbons (Fsp3) is 0.111. The first kappa shape index (κ1) is 21.2. The normalized spacial score (nSPS) is 12.0. The Morgan fingerprint density at radius 2 is 1.76 bits per heavy atom. The van der Waals surface area contributed by atoms with Gasteiger partial charge in [0.25, 0.3) is 10.0 Å². The topological polar surface area (TPSA) is 106 Å². The predicted molar refractivity (Wildman–Crippen MR) is 107 cm³/mol. The number of hydrogen-bond acceptors (Lipinski definition) is 6. The molecule has 3 aromatic rings. The highest BCUT2D eigenvalue weighted by atomic mass is 35.5. The van der Waals surface area contributed by atoms with E-state index in [1.165, 1.54) is 31.2 Å². The molecule has 1 N–H and O–H groups in total. The third-order valence-electron chi connectivity index (χ3n) is 3.95. The Balaban J connectivity index is 1.89. The first-order valence-electron chi connectivity index (χ1n) is 8.27. The van der Waals surface area contributed by atoms with Crippen LogP contribution < -0.4 is 4.72 Å². The van der Waals surface area contributed by atoms with Crippen LogP contribution >= 0.6 is 11.6 Å². The summed E-state index contributed by atoms with van der Waals surface area (Å²) in [6.45, 7) is 1.51. The summed E-state index contributed by atoms with van der Waals surface area (Å²) in [5.74, 6) is -0.814. The smallest absolute Gasteiger partial charge is 0.261 e. The molecule has 0 saturated heterocycles. The van der Waals surface area contributed by atoms with Crippen LogP contribution in [0.1, 0.15) is 6.92 Å². The predicted octanol–water partition coefficient (Wildman–Crippen LogP) is 3.53. The van der Waals surface area contributed by atoms with Crippen molar-refractivity contribution in [2.45, 2.75) is 16.8 Å². The maximum atomic E-state index is 13.3. The molecule has 0 saturated carbocycles. The van der Waals surface area contributed by atoms with Crippen molar-refractivity contribution in [3.8, 4) is 11.3 Å². The van der Waals surface area contributed by atoms with Gasteiger partial charge in [-0.15, -0.1) is 10.2 Å². The van der Waals surface area contributed by atoms with Gasteiger partial charge in [0.2, 0.25) is 0 Å². The van der Waals surface area contributed by atoms with Crippen molar-refractivity contribution in [1.29, 1.82) is 0 Å². The second-order valence-corrected chi connectivity index (χ2v) is 10.2. The first-order chi connectivity index (χ1) is 13.6. The van der Waals surface area contributed by atoms with Crippen molar-refractivity contribution in [2.75, 3.05) is 10.5 Å². The van der Waals surface area contributed by atoms with Crippen molar-refractivity contribution in [2.24, 2.45) is 0 Å². The van der Waals surface area contributed by atoms with E-state index in [9.17, 15) is 21.2 Å². The molecule has 0 bridgehead atoms. The molecule has 1 aromatic heterocycles. The zero-order valence-electron chi connectivity index (χ0n) is 15.0. The van der Waals surface area contributed by atoms with Crippen molar-refractivity contribution in [3.05, 3.63) is 65.4 Å². The van der Waals surface area contributed by atoms with E-state index in [2.05, 4.69) is 14.9 Å². The highest BCUT2D eigenvalue weighted by molar-refractivity contribution is 7.92. The molecule has 29 heavy (non-hydrogen) atoms. The fourth-order valence-electron chi connectivity index (χ4n) is 2.39. The lowest BCUT2D eigenvalue weighted by Gasteiger charge is -2.10. The molecule has 1 heterocycles. The highest BCUT2D eigenvalue weighted by Gasteiger charge is 2.17. The molecule has 0 fully saturated rings. The Morgan fingerprint density at radius 3 is 2.38 bits per heavy atom. The quantitative estimate of drug-likeness (QED) is 0.609. The maximum Gasteiger partial charge on any atom is 0.261 e. The summed E-state index contributed by atoms with van der Waals surface area (Å²) in [6.07, 6.45) is 0. The molecule has 152 valence electrons. The summed E-state index contributed by atoms with van der Waals surface area (Å²) in [4.78, 5) is -0.191. The van der Waals surface area contributed by atoms with Gasteiger partial charge >= 0.3 is 0 Å². The molecule has 0 aliphatic rings. The minimum Gasteiger partial charge on any atom is -0.280 e. The zero-order chi connectivity index (χ0) is 21.2. The molecule has 0 spiro atoms. The van der Waals surface area contributed by atoms with Gasteiger partial charge in [-0.2, -0.15) is 0 Å². The van der Waals surface area contributed by atoms with Gasteiger partial charge < -0.3 is 0 Å². The van der Waals surface area contributed by atoms with E-state index < -0.39 is 25.7 Å². The third kappa shape index (κ3) is 4.72. The second kappa shape index (κ2) is 8.05. The molecule has 0 amide bonds. The van der Waals surface area contributed by atoms with Gasteiger partial charge in [-0.3, -0.25) is 4.72 Å². The van der Waals surface area contributed by atoms with Gasteiger partial charge in [0.15, 0.2) is 14.9 Å². The summed E-state index contributed by atoms with van der Waals surface area (Å²) in [5.41, 5.74) is 1.12. The summed E-state index contributed by atoms with van der Waals surface area (Å²) < 4.78 is 64.3. The lowest BCUT2D eigenvalue weighted by molar-refractivity contribution is 0.591. The van der Waals surface area contributed by atoms with E-state index >= 15 is 0 Å². The Morgan fingerprint density at radius 1 is 1.00 bits per heavy atom. The minimum absolute atomic E-state index is 0.0916. The van der Waals surface area contributed by atoms with Crippen LogP contribution in [-0.4, -0.2) is 32.8 Å². The van der Waals surface area contributed by atoms with E-state index in [1.54, 1.807) is 12.1 Å². The van der Waals surface area contributed by atoms with Crippen LogP contribution in [0.15, 0.2) is 64.5 Å². The van der Waals surface area contributed by atoms with Crippen LogP contribution in [0.2, 0.25) is 5.02 Å². The first-order valence-corrected chi connectivity index (χ1v) is 11.8. The number of halogens is 2. The SMILES string of the molecule is CCS(=O)(=O)c1ccc(-c2cccc(NS(=O)(=O)c3ccc(F)c(Cl)c3)c2)nn1. The summed E-state index contributed by atoms with van der Waals surface area (Å²) in [5, 5.41) is 7.22. The van der Waals surface area contributed by atoms with Crippen LogP contribution in [0, 0.1) is 5.82 Å². The molecule has 11 heteroatoms. The molecule has 0 atom stereocenters. The number of sulfonamides is 1. The number of rotatable bonds is 6. The molecule has 3 rings (SSSR count). The number of sulfone groups is 1. The van der Waals surface area contributed by atoms with Gasteiger partial charge in [0.05, 0.1) is 21.4 Å². The molecule has 2 aromatic carbocycles. The van der Waals surface area contributed by atoms with Gasteiger partial charge in [-0.1, -0.05) is 30.7 Å². The van der Waals surface area contributed by atoms with Crippen LogP contribution in [0.5, 0.6) is 0 Å². The van der Waals surface area contributed by atoms with Crippen molar-refractivity contribution in [1.82, 2.24) is 10.2 Å². The van der Waals surface area contributed by atoms with Crippen molar-refractivity contribution < 1.29 is 21.2 Å². The number of nitrogens with one attached hydrogen (secondary N) is 1. The molecule has 0 aliphatic carbocycles. The lowest BCUT2D eigenvalue weighted by Crippen LogP contribution is -2.13. The Labute approximate surface area is 172 Å². The van der Waals surface area contributed by atoms with E-state index in [1.807, 2.05) is 0 Å². The van der Waals surface area contributed by atoms with Crippen LogP contribution in [-0.2, 0) is 19.9 Å². The summed E-state index contributed by atoms with van der Waals surface area (Å²) >= 11 is 5.66. The van der Waals surface area contributed by atoms with E-state index in [-0.39, 0.29) is 26.4 Å². The van der Waals surface area contributed by atoms with Gasteiger partial charge in [-0.05, 0) is 42.5 Å². The Hall–Kier alpha value is -2.56. The largest absolute Gasteiger partial charge is 0.280 e. The molecular formula is C18H15ClFN3O4S2. The number of aromatic nitrogens is 2. The Kier molecular flexibility index (Phi) is 5.87. The van der Waals surface area contributed by atoms with Gasteiger partial charge in [0.1, 0.15) is 5.82 Å². The monoisotopic (exact) mass is 455 g/mol. The van der Waals surface area contributed by atoms with Gasteiger partial charge in [0, 0.05) is 11.3 Å². The van der Waals surface area contributed by atoms with Crippen LogP contribution in [0.3, 0.4) is 0 Å². The minimum atomic E-state index is -4.00. The maximum absolute atomic E-state index is 13.3. The average molecular weight is 456 g/mol. The van der Waals surface area contributed by atoms with Crippen LogP contribution in [0.4, 0.5) is 10.1 Å². The zero-order valence-corrected chi connectivity index (χ0v) is 17.4. The van der Waals surface area contributed by atoms with Gasteiger partial charge in [-0.25, -0.2) is 21.2 Å². The van der Waals surface area contributed by atoms with E-state index in [0.29, 0.717) is 11.3 Å². The van der Waals surface area contributed by atoms with Crippen molar-refractivity contribution >= 4 is 37.1 Å². The van der Waals surface area contributed by atoms with Crippen LogP contribution in [0.25, 0.3) is 11.3 Å². The van der Waals surface area contributed by atoms with Crippen molar-refractivity contribution in [3.63, 3.8) is 0 Å². The molecular weight excluding hydrogens is 441 g/mol. The molecule has 0 aliphatic heterocycles. The number of benzene rings is 2. The highest BCUT2D eigenvalue weighted by Crippen LogP contribution is 2.25. The fourth-order valence-corrected chi connectivity index (χ4v) is 4.44. The molecule has 0 unspecified atom stereocenters. The van der Waals surface area contributed by atoms with E-state index in [0.717, 1.165) is 18.2 Å². The average Bonchev–Trinajstić information content (AvgIpc) is 2.70. The second-order valence-electron chi connectivity index (χ2n) is 5.92.